The third kappa shape index (κ3) is 3.69. The van der Waals surface area contributed by atoms with E-state index in [0.29, 0.717) is 4.47 Å². The lowest BCUT2D eigenvalue weighted by Gasteiger charge is -2.10. The second kappa shape index (κ2) is 5.11. The van der Waals surface area contributed by atoms with E-state index < -0.39 is 17.8 Å². The van der Waals surface area contributed by atoms with Crippen molar-refractivity contribution < 1.29 is 27.5 Å². The van der Waals surface area contributed by atoms with Crippen LogP contribution in [0.1, 0.15) is 5.56 Å². The van der Waals surface area contributed by atoms with Crippen LogP contribution in [0.5, 0.6) is 5.75 Å². The Bertz CT molecular complexity index is 496. The van der Waals surface area contributed by atoms with Crippen molar-refractivity contribution in [3.05, 3.63) is 33.8 Å². The molecule has 1 aromatic carbocycles. The SMILES string of the molecule is [N-]=[N+]=C(C=O)c1cc(Br)ccc1OC(F)(F)F. The number of alkyl halides is 3. The molecule has 4 nitrogen and oxygen atoms in total. The zero-order valence-corrected chi connectivity index (χ0v) is 9.62. The molecule has 0 amide bonds. The van der Waals surface area contributed by atoms with Crippen LogP contribution in [-0.4, -0.2) is 23.2 Å². The number of benzene rings is 1. The number of carbonyl (C=O) groups excluding carboxylic acids is 1. The van der Waals surface area contributed by atoms with Crippen molar-refractivity contribution >= 4 is 27.9 Å². The van der Waals surface area contributed by atoms with E-state index in [-0.39, 0.29) is 11.8 Å². The molecule has 0 fully saturated rings. The third-order valence-electron chi connectivity index (χ3n) is 1.66. The summed E-state index contributed by atoms with van der Waals surface area (Å²) >= 11 is 3.01. The van der Waals surface area contributed by atoms with Crippen molar-refractivity contribution in [2.45, 2.75) is 6.36 Å². The molecule has 0 N–H and O–H groups in total. The molecule has 0 aliphatic rings. The first-order valence-electron chi connectivity index (χ1n) is 4.10. The van der Waals surface area contributed by atoms with Gasteiger partial charge in [-0.2, -0.15) is 4.79 Å². The van der Waals surface area contributed by atoms with E-state index in [1.165, 1.54) is 12.1 Å². The van der Waals surface area contributed by atoms with E-state index in [9.17, 15) is 18.0 Å². The molecule has 0 aromatic heterocycles. The summed E-state index contributed by atoms with van der Waals surface area (Å²) in [6.45, 7) is 0. The Hall–Kier alpha value is -1.66. The molecular formula is C9H4BrF3N2O2. The van der Waals surface area contributed by atoms with Gasteiger partial charge in [-0.1, -0.05) is 15.9 Å². The smallest absolute Gasteiger partial charge is 0.405 e. The Balaban J connectivity index is 3.31. The van der Waals surface area contributed by atoms with Crippen molar-refractivity contribution in [1.82, 2.24) is 0 Å². The highest BCUT2D eigenvalue weighted by Crippen LogP contribution is 2.28. The van der Waals surface area contributed by atoms with Crippen molar-refractivity contribution in [2.75, 3.05) is 0 Å². The molecule has 0 heterocycles. The van der Waals surface area contributed by atoms with Gasteiger partial charge in [0.2, 0.25) is 6.29 Å². The Kier molecular flexibility index (Phi) is 4.03. The molecule has 8 heteroatoms. The van der Waals surface area contributed by atoms with Crippen LogP contribution in [0.3, 0.4) is 0 Å². The maximum Gasteiger partial charge on any atom is 0.573 e. The predicted molar refractivity (Wildman–Crippen MR) is 54.6 cm³/mol. The maximum absolute atomic E-state index is 12.1. The predicted octanol–water partition coefficient (Wildman–Crippen LogP) is 2.57. The van der Waals surface area contributed by atoms with Crippen LogP contribution < -0.4 is 4.74 Å². The zero-order valence-electron chi connectivity index (χ0n) is 8.03. The van der Waals surface area contributed by atoms with E-state index in [1.807, 2.05) is 0 Å². The van der Waals surface area contributed by atoms with Gasteiger partial charge in [-0.3, -0.25) is 4.79 Å². The van der Waals surface area contributed by atoms with Gasteiger partial charge in [0.05, 0.1) is 0 Å². The van der Waals surface area contributed by atoms with E-state index >= 15 is 0 Å². The van der Waals surface area contributed by atoms with Gasteiger partial charge in [0.1, 0.15) is 11.3 Å². The Morgan fingerprint density at radius 3 is 2.59 bits per heavy atom. The van der Waals surface area contributed by atoms with Gasteiger partial charge in [-0.25, -0.2) is 0 Å². The van der Waals surface area contributed by atoms with Gasteiger partial charge in [0.15, 0.2) is 0 Å². The Labute approximate surface area is 102 Å². The van der Waals surface area contributed by atoms with Crippen molar-refractivity contribution in [1.29, 1.82) is 0 Å². The maximum atomic E-state index is 12.1. The average Bonchev–Trinajstić information content (AvgIpc) is 2.22. The monoisotopic (exact) mass is 308 g/mol. The van der Waals surface area contributed by atoms with Crippen LogP contribution in [0.4, 0.5) is 13.2 Å². The largest absolute Gasteiger partial charge is 0.573 e. The second-order valence-electron chi connectivity index (χ2n) is 2.79. The number of hydrogen-bond donors (Lipinski definition) is 0. The fourth-order valence-corrected chi connectivity index (χ4v) is 1.42. The summed E-state index contributed by atoms with van der Waals surface area (Å²) in [6.07, 6.45) is -4.78. The molecule has 0 aliphatic carbocycles. The lowest BCUT2D eigenvalue weighted by molar-refractivity contribution is -0.274. The summed E-state index contributed by atoms with van der Waals surface area (Å²) in [5.41, 5.74) is 7.66. The zero-order chi connectivity index (χ0) is 13.1. The van der Waals surface area contributed by atoms with Crippen molar-refractivity contribution in [3.63, 3.8) is 0 Å². The number of ether oxygens (including phenoxy) is 1. The second-order valence-corrected chi connectivity index (χ2v) is 3.71. The standard InChI is InChI=1S/C9H4BrF3N2O2/c10-5-1-2-8(17-9(11,12)13)6(3-5)7(4-16)15-14/h1-4H. The molecule has 0 aliphatic heterocycles. The summed E-state index contributed by atoms with van der Waals surface area (Å²) in [5.74, 6) is -0.624. The summed E-state index contributed by atoms with van der Waals surface area (Å²) in [7, 11) is 0. The molecule has 0 unspecified atom stereocenters. The molecule has 1 rings (SSSR count). The highest BCUT2D eigenvalue weighted by molar-refractivity contribution is 9.10. The number of carbonyl (C=O) groups is 1. The molecule has 0 radical (unpaired) electrons. The fourth-order valence-electron chi connectivity index (χ4n) is 1.06. The summed E-state index contributed by atoms with van der Waals surface area (Å²) in [6, 6.07) is 3.47. The lowest BCUT2D eigenvalue weighted by atomic mass is 10.1. The van der Waals surface area contributed by atoms with E-state index in [4.69, 9.17) is 5.53 Å². The first-order chi connectivity index (χ1) is 7.87. The van der Waals surface area contributed by atoms with Gasteiger partial charge in [-0.15, -0.1) is 13.2 Å². The fraction of sp³-hybridized carbons (Fsp3) is 0.111. The van der Waals surface area contributed by atoms with Crippen LogP contribution in [0.15, 0.2) is 22.7 Å². The van der Waals surface area contributed by atoms with Crippen molar-refractivity contribution in [3.8, 4) is 5.75 Å². The Morgan fingerprint density at radius 1 is 1.47 bits per heavy atom. The summed E-state index contributed by atoms with van der Waals surface area (Å²) in [5, 5.41) is 0. The lowest BCUT2D eigenvalue weighted by Crippen LogP contribution is -2.19. The van der Waals surface area contributed by atoms with Gasteiger partial charge in [0, 0.05) is 4.47 Å². The van der Waals surface area contributed by atoms with Crippen molar-refractivity contribution in [2.24, 2.45) is 0 Å². The molecule has 0 spiro atoms. The molecule has 0 saturated carbocycles. The molecule has 1 aromatic rings. The average molecular weight is 309 g/mol. The number of halogens is 4. The Morgan fingerprint density at radius 2 is 2.12 bits per heavy atom. The minimum atomic E-state index is -4.90. The topological polar surface area (TPSA) is 62.7 Å². The minimum Gasteiger partial charge on any atom is -0.405 e. The van der Waals surface area contributed by atoms with Crippen LogP contribution >= 0.6 is 15.9 Å². The highest BCUT2D eigenvalue weighted by atomic mass is 79.9. The summed E-state index contributed by atoms with van der Waals surface area (Å²) in [4.78, 5) is 13.1. The summed E-state index contributed by atoms with van der Waals surface area (Å²) < 4.78 is 40.3. The molecule has 17 heavy (non-hydrogen) atoms. The quantitative estimate of drug-likeness (QED) is 0.373. The molecule has 0 saturated heterocycles. The van der Waals surface area contributed by atoms with E-state index in [2.05, 4.69) is 25.5 Å². The van der Waals surface area contributed by atoms with Gasteiger partial charge in [-0.05, 0) is 18.2 Å². The van der Waals surface area contributed by atoms with Gasteiger partial charge >= 0.3 is 12.1 Å². The number of aldehydes is 1. The van der Waals surface area contributed by atoms with Crippen LogP contribution in [0.25, 0.3) is 5.53 Å². The first kappa shape index (κ1) is 13.4. The normalized spacial score (nSPS) is 10.6. The molecule has 0 bridgehead atoms. The highest BCUT2D eigenvalue weighted by Gasteiger charge is 2.33. The van der Waals surface area contributed by atoms with Crippen LogP contribution in [-0.2, 0) is 4.79 Å². The third-order valence-corrected chi connectivity index (χ3v) is 2.16. The molecular weight excluding hydrogens is 305 g/mol. The number of hydrogen-bond acceptors (Lipinski definition) is 2. The molecule has 0 atom stereocenters. The van der Waals surface area contributed by atoms with Crippen LogP contribution in [0.2, 0.25) is 0 Å². The van der Waals surface area contributed by atoms with Gasteiger partial charge in [0.25, 0.3) is 0 Å². The molecule has 90 valence electrons. The number of rotatable bonds is 3. The van der Waals surface area contributed by atoms with Gasteiger partial charge < -0.3 is 10.3 Å². The van der Waals surface area contributed by atoms with E-state index in [0.717, 1.165) is 6.07 Å². The van der Waals surface area contributed by atoms with Crippen LogP contribution in [0, 0.1) is 0 Å². The number of nitrogens with zero attached hydrogens (tertiary/aromatic N) is 2. The first-order valence-corrected chi connectivity index (χ1v) is 4.89. The minimum absolute atomic E-state index is 0.116. The van der Waals surface area contributed by atoms with E-state index in [1.54, 1.807) is 0 Å².